The maximum Gasteiger partial charge on any atom is 0.341 e. The minimum absolute atomic E-state index is 0.230. The van der Waals surface area contributed by atoms with Gasteiger partial charge in [0.2, 0.25) is 0 Å². The van der Waals surface area contributed by atoms with Crippen LogP contribution in [0.4, 0.5) is 5.00 Å². The van der Waals surface area contributed by atoms with Gasteiger partial charge in [-0.1, -0.05) is 6.92 Å². The van der Waals surface area contributed by atoms with E-state index >= 15 is 0 Å². The molecule has 7 heteroatoms. The lowest BCUT2D eigenvalue weighted by Gasteiger charge is -2.19. The zero-order valence-corrected chi connectivity index (χ0v) is 18.3. The van der Waals surface area contributed by atoms with Gasteiger partial charge in [0.1, 0.15) is 16.5 Å². The Labute approximate surface area is 175 Å². The van der Waals surface area contributed by atoms with Crippen LogP contribution in [0.3, 0.4) is 0 Å². The maximum atomic E-state index is 13.0. The van der Waals surface area contributed by atoms with E-state index in [1.807, 2.05) is 13.8 Å². The van der Waals surface area contributed by atoms with Crippen molar-refractivity contribution in [2.24, 2.45) is 5.92 Å². The fourth-order valence-corrected chi connectivity index (χ4v) is 4.84. The van der Waals surface area contributed by atoms with Gasteiger partial charge < -0.3 is 19.5 Å². The maximum absolute atomic E-state index is 13.0. The zero-order chi connectivity index (χ0) is 21.1. The van der Waals surface area contributed by atoms with E-state index < -0.39 is 0 Å². The summed E-state index contributed by atoms with van der Waals surface area (Å²) < 4.78 is 16.0. The van der Waals surface area contributed by atoms with Crippen LogP contribution in [0.2, 0.25) is 0 Å². The number of benzene rings is 1. The molecule has 1 N–H and O–H groups in total. The molecular weight excluding hydrogens is 390 g/mol. The molecule has 6 nitrogen and oxygen atoms in total. The number of ether oxygens (including phenoxy) is 3. The Hall–Kier alpha value is -2.54. The number of hydrogen-bond acceptors (Lipinski definition) is 6. The van der Waals surface area contributed by atoms with Gasteiger partial charge in [-0.05, 0) is 56.7 Å². The number of nitrogens with one attached hydrogen (secondary N) is 1. The normalized spacial score (nSPS) is 15.6. The van der Waals surface area contributed by atoms with E-state index in [0.29, 0.717) is 33.5 Å². The molecule has 1 amide bonds. The van der Waals surface area contributed by atoms with Crippen molar-refractivity contribution >= 4 is 28.2 Å². The summed E-state index contributed by atoms with van der Waals surface area (Å²) in [6.45, 7) is 5.84. The van der Waals surface area contributed by atoms with Gasteiger partial charge in [0.05, 0.1) is 25.9 Å². The first kappa shape index (κ1) is 21.2. The quantitative estimate of drug-likeness (QED) is 0.689. The molecule has 1 aromatic heterocycles. The number of amides is 1. The van der Waals surface area contributed by atoms with E-state index in [1.165, 1.54) is 25.6 Å². The molecule has 0 aliphatic heterocycles. The predicted molar refractivity (Wildman–Crippen MR) is 114 cm³/mol. The van der Waals surface area contributed by atoms with E-state index in [-0.39, 0.29) is 18.0 Å². The molecule has 0 unspecified atom stereocenters. The Balaban J connectivity index is 1.96. The molecule has 1 aliphatic carbocycles. The number of carbonyl (C=O) groups excluding carboxylic acids is 2. The fraction of sp³-hybridized carbons (Fsp3) is 0.455. The molecule has 0 bridgehead atoms. The van der Waals surface area contributed by atoms with Gasteiger partial charge >= 0.3 is 5.97 Å². The van der Waals surface area contributed by atoms with Crippen molar-refractivity contribution in [2.45, 2.75) is 46.1 Å². The first-order chi connectivity index (χ1) is 13.8. The van der Waals surface area contributed by atoms with Crippen LogP contribution < -0.4 is 14.8 Å². The molecule has 0 spiro atoms. The van der Waals surface area contributed by atoms with Gasteiger partial charge in [-0.15, -0.1) is 11.3 Å². The van der Waals surface area contributed by atoms with Gasteiger partial charge in [0.25, 0.3) is 5.91 Å². The standard InChI is InChI=1S/C22H27NO5S/c1-12(2)28-22(25)19-17-7-6-13(3)8-18(17)29-21(19)23-20(24)14-9-15(26-4)11-16(10-14)27-5/h9-13H,6-8H2,1-5H3,(H,23,24)/t13-/m0/s1. The number of rotatable bonds is 6. The second-order valence-electron chi connectivity index (χ2n) is 7.57. The summed E-state index contributed by atoms with van der Waals surface area (Å²) in [5.74, 6) is 0.890. The minimum atomic E-state index is -0.384. The Morgan fingerprint density at radius 3 is 2.38 bits per heavy atom. The molecule has 1 aromatic carbocycles. The van der Waals surface area contributed by atoms with E-state index in [9.17, 15) is 9.59 Å². The Bertz CT molecular complexity index is 896. The van der Waals surface area contributed by atoms with Crippen LogP contribution in [0.15, 0.2) is 18.2 Å². The van der Waals surface area contributed by atoms with Crippen molar-refractivity contribution in [3.05, 3.63) is 39.8 Å². The van der Waals surface area contributed by atoms with Gasteiger partial charge in [0.15, 0.2) is 0 Å². The molecule has 0 fully saturated rings. The summed E-state index contributed by atoms with van der Waals surface area (Å²) in [7, 11) is 3.07. The number of thiophene rings is 1. The third kappa shape index (κ3) is 4.72. The lowest BCUT2D eigenvalue weighted by atomic mass is 9.88. The molecule has 29 heavy (non-hydrogen) atoms. The first-order valence-corrected chi connectivity index (χ1v) is 10.5. The molecule has 0 saturated carbocycles. The van der Waals surface area contributed by atoms with E-state index in [1.54, 1.807) is 18.2 Å². The minimum Gasteiger partial charge on any atom is -0.497 e. The topological polar surface area (TPSA) is 73.9 Å². The van der Waals surface area contributed by atoms with Crippen LogP contribution in [-0.2, 0) is 17.6 Å². The molecule has 1 heterocycles. The number of hydrogen-bond donors (Lipinski definition) is 1. The largest absolute Gasteiger partial charge is 0.497 e. The van der Waals surface area contributed by atoms with Crippen molar-refractivity contribution in [2.75, 3.05) is 19.5 Å². The summed E-state index contributed by atoms with van der Waals surface area (Å²) in [6.07, 6.45) is 2.52. The number of carbonyl (C=O) groups is 2. The van der Waals surface area contributed by atoms with Crippen molar-refractivity contribution in [3.63, 3.8) is 0 Å². The summed E-state index contributed by atoms with van der Waals surface area (Å²) in [6, 6.07) is 4.98. The van der Waals surface area contributed by atoms with Crippen molar-refractivity contribution in [1.82, 2.24) is 0 Å². The molecule has 3 rings (SSSR count). The van der Waals surface area contributed by atoms with Gasteiger partial charge in [0, 0.05) is 16.5 Å². The number of anilines is 1. The highest BCUT2D eigenvalue weighted by atomic mass is 32.1. The third-order valence-corrected chi connectivity index (χ3v) is 6.07. The van der Waals surface area contributed by atoms with Crippen LogP contribution >= 0.6 is 11.3 Å². The fourth-order valence-electron chi connectivity index (χ4n) is 3.44. The van der Waals surface area contributed by atoms with Gasteiger partial charge in [-0.2, -0.15) is 0 Å². The second kappa shape index (κ2) is 8.86. The van der Waals surface area contributed by atoms with Crippen molar-refractivity contribution in [3.8, 4) is 11.5 Å². The molecule has 156 valence electrons. The average Bonchev–Trinajstić information content (AvgIpc) is 3.03. The van der Waals surface area contributed by atoms with Crippen LogP contribution in [0.25, 0.3) is 0 Å². The highest BCUT2D eigenvalue weighted by molar-refractivity contribution is 7.17. The molecule has 0 radical (unpaired) electrons. The lowest BCUT2D eigenvalue weighted by Crippen LogP contribution is -2.18. The van der Waals surface area contributed by atoms with Crippen LogP contribution in [0, 0.1) is 5.92 Å². The second-order valence-corrected chi connectivity index (χ2v) is 8.67. The monoisotopic (exact) mass is 417 g/mol. The van der Waals surface area contributed by atoms with Crippen molar-refractivity contribution in [1.29, 1.82) is 0 Å². The molecule has 1 aliphatic rings. The van der Waals surface area contributed by atoms with Gasteiger partial charge in [-0.25, -0.2) is 4.79 Å². The zero-order valence-electron chi connectivity index (χ0n) is 17.5. The predicted octanol–water partition coefficient (Wildman–Crippen LogP) is 4.71. The summed E-state index contributed by atoms with van der Waals surface area (Å²) in [4.78, 5) is 26.9. The van der Waals surface area contributed by atoms with Gasteiger partial charge in [-0.3, -0.25) is 4.79 Å². The molecule has 1 atom stereocenters. The van der Waals surface area contributed by atoms with E-state index in [2.05, 4.69) is 12.2 Å². The SMILES string of the molecule is COc1cc(OC)cc(C(=O)Nc2sc3c(c2C(=O)OC(C)C)CC[C@H](C)C3)c1. The molecule has 2 aromatic rings. The van der Waals surface area contributed by atoms with Crippen LogP contribution in [-0.4, -0.2) is 32.2 Å². The van der Waals surface area contributed by atoms with Crippen LogP contribution in [0.1, 0.15) is 58.3 Å². The van der Waals surface area contributed by atoms with Crippen LogP contribution in [0.5, 0.6) is 11.5 Å². The Morgan fingerprint density at radius 2 is 1.79 bits per heavy atom. The summed E-state index contributed by atoms with van der Waals surface area (Å²) >= 11 is 1.47. The molecular formula is C22H27NO5S. The lowest BCUT2D eigenvalue weighted by molar-refractivity contribution is 0.0378. The van der Waals surface area contributed by atoms with E-state index in [4.69, 9.17) is 14.2 Å². The van der Waals surface area contributed by atoms with E-state index in [0.717, 1.165) is 29.7 Å². The highest BCUT2D eigenvalue weighted by Gasteiger charge is 2.30. The van der Waals surface area contributed by atoms with Crippen molar-refractivity contribution < 1.29 is 23.8 Å². The summed E-state index contributed by atoms with van der Waals surface area (Å²) in [5.41, 5.74) is 1.90. The smallest absolute Gasteiger partial charge is 0.341 e. The number of esters is 1. The average molecular weight is 418 g/mol. The first-order valence-electron chi connectivity index (χ1n) is 9.72. The Morgan fingerprint density at radius 1 is 1.14 bits per heavy atom. The number of fused-ring (bicyclic) bond motifs is 1. The summed E-state index contributed by atoms with van der Waals surface area (Å²) in [5, 5.41) is 3.47. The highest BCUT2D eigenvalue weighted by Crippen LogP contribution is 2.40. The molecule has 0 saturated heterocycles. The third-order valence-electron chi connectivity index (χ3n) is 4.90. The Kier molecular flexibility index (Phi) is 6.47. The number of methoxy groups -OCH3 is 2.